The topological polar surface area (TPSA) is 107 Å². The number of hydrogen-bond donors (Lipinski definition) is 2. The van der Waals surface area contributed by atoms with Crippen molar-refractivity contribution in [2.24, 2.45) is 0 Å². The summed E-state index contributed by atoms with van der Waals surface area (Å²) in [7, 11) is 1.45. The van der Waals surface area contributed by atoms with E-state index < -0.39 is 30.4 Å². The van der Waals surface area contributed by atoms with Crippen molar-refractivity contribution in [2.75, 3.05) is 19.0 Å². The quantitative estimate of drug-likeness (QED) is 0.461. The van der Waals surface area contributed by atoms with Crippen LogP contribution in [0.25, 0.3) is 0 Å². The van der Waals surface area contributed by atoms with Gasteiger partial charge in [0.25, 0.3) is 11.8 Å². The normalized spacial score (nSPS) is 11.4. The lowest BCUT2D eigenvalue weighted by atomic mass is 10.1. The first kappa shape index (κ1) is 23.9. The molecule has 3 aromatic rings. The number of anilines is 1. The molecule has 0 spiro atoms. The van der Waals surface area contributed by atoms with Crippen LogP contribution in [0.4, 0.5) is 5.69 Å². The number of benzene rings is 2. The number of esters is 1. The van der Waals surface area contributed by atoms with Crippen LogP contribution in [-0.2, 0) is 20.7 Å². The van der Waals surface area contributed by atoms with Gasteiger partial charge in [-0.2, -0.15) is 0 Å². The summed E-state index contributed by atoms with van der Waals surface area (Å²) in [6, 6.07) is 14.4. The summed E-state index contributed by atoms with van der Waals surface area (Å²) >= 11 is 6.08. The number of carbonyl (C=O) groups is 3. The number of amides is 2. The molecule has 1 aromatic heterocycles. The Morgan fingerprint density at radius 2 is 1.85 bits per heavy atom. The molecule has 2 aromatic carbocycles. The van der Waals surface area contributed by atoms with Crippen molar-refractivity contribution < 1.29 is 28.3 Å². The van der Waals surface area contributed by atoms with Crippen molar-refractivity contribution in [2.45, 2.75) is 19.4 Å². The minimum Gasteiger partial charge on any atom is -0.495 e. The lowest BCUT2D eigenvalue weighted by molar-refractivity contribution is -0.149. The van der Waals surface area contributed by atoms with Crippen LogP contribution in [0.3, 0.4) is 0 Å². The van der Waals surface area contributed by atoms with Crippen LogP contribution in [0.15, 0.2) is 65.3 Å². The average Bonchev–Trinajstić information content (AvgIpc) is 3.35. The third kappa shape index (κ3) is 6.60. The molecule has 2 N–H and O–H groups in total. The summed E-state index contributed by atoms with van der Waals surface area (Å²) in [5.74, 6) is -1.46. The van der Waals surface area contributed by atoms with E-state index in [1.807, 2.05) is 30.3 Å². The van der Waals surface area contributed by atoms with Gasteiger partial charge in [0.1, 0.15) is 11.8 Å². The van der Waals surface area contributed by atoms with Gasteiger partial charge in [-0.3, -0.25) is 9.59 Å². The van der Waals surface area contributed by atoms with E-state index >= 15 is 0 Å². The van der Waals surface area contributed by atoms with E-state index in [0.717, 1.165) is 11.1 Å². The van der Waals surface area contributed by atoms with Crippen LogP contribution in [0.1, 0.15) is 21.7 Å². The van der Waals surface area contributed by atoms with Gasteiger partial charge in [0.05, 0.1) is 19.1 Å². The molecule has 0 aliphatic rings. The molecule has 0 unspecified atom stereocenters. The summed E-state index contributed by atoms with van der Waals surface area (Å²) in [6.07, 6.45) is 1.54. The number of carbonyl (C=O) groups excluding carboxylic acids is 3. The summed E-state index contributed by atoms with van der Waals surface area (Å²) in [4.78, 5) is 37.5. The Bertz CT molecular complexity index is 1120. The third-order valence-electron chi connectivity index (χ3n) is 4.72. The molecule has 33 heavy (non-hydrogen) atoms. The second-order valence-electron chi connectivity index (χ2n) is 7.15. The van der Waals surface area contributed by atoms with E-state index in [1.54, 1.807) is 25.1 Å². The lowest BCUT2D eigenvalue weighted by Gasteiger charge is -2.17. The van der Waals surface area contributed by atoms with Crippen molar-refractivity contribution in [3.63, 3.8) is 0 Å². The van der Waals surface area contributed by atoms with Gasteiger partial charge >= 0.3 is 5.97 Å². The van der Waals surface area contributed by atoms with Gasteiger partial charge in [0, 0.05) is 17.5 Å². The van der Waals surface area contributed by atoms with Crippen LogP contribution in [0.2, 0.25) is 5.02 Å². The molecule has 2 amide bonds. The van der Waals surface area contributed by atoms with Crippen LogP contribution in [-0.4, -0.2) is 37.5 Å². The first-order chi connectivity index (χ1) is 15.9. The highest BCUT2D eigenvalue weighted by molar-refractivity contribution is 6.31. The number of halogens is 1. The Labute approximate surface area is 195 Å². The van der Waals surface area contributed by atoms with E-state index in [0.29, 0.717) is 16.5 Å². The highest BCUT2D eigenvalue weighted by Gasteiger charge is 2.25. The first-order valence-electron chi connectivity index (χ1n) is 10.1. The van der Waals surface area contributed by atoms with Crippen molar-refractivity contribution in [3.05, 3.63) is 82.8 Å². The zero-order valence-electron chi connectivity index (χ0n) is 18.1. The number of nitrogens with one attached hydrogen (secondary N) is 2. The fourth-order valence-corrected chi connectivity index (χ4v) is 3.19. The summed E-state index contributed by atoms with van der Waals surface area (Å²) in [6.45, 7) is 1.24. The zero-order valence-corrected chi connectivity index (χ0v) is 18.8. The molecule has 1 heterocycles. The fourth-order valence-electron chi connectivity index (χ4n) is 3.03. The minimum absolute atomic E-state index is 0.0591. The predicted molar refractivity (Wildman–Crippen MR) is 122 cm³/mol. The Morgan fingerprint density at radius 1 is 1.09 bits per heavy atom. The monoisotopic (exact) mass is 470 g/mol. The van der Waals surface area contributed by atoms with Crippen LogP contribution < -0.4 is 15.4 Å². The smallest absolute Gasteiger partial charge is 0.329 e. The Hall–Kier alpha value is -3.78. The van der Waals surface area contributed by atoms with Gasteiger partial charge in [-0.15, -0.1) is 0 Å². The number of methoxy groups -OCH3 is 1. The number of rotatable bonds is 9. The molecule has 0 saturated carbocycles. The van der Waals surface area contributed by atoms with Crippen LogP contribution in [0, 0.1) is 6.92 Å². The largest absolute Gasteiger partial charge is 0.495 e. The molecule has 172 valence electrons. The van der Waals surface area contributed by atoms with Crippen LogP contribution >= 0.6 is 11.6 Å². The van der Waals surface area contributed by atoms with Gasteiger partial charge in [-0.25, -0.2) is 4.79 Å². The van der Waals surface area contributed by atoms with Crippen LogP contribution in [0.5, 0.6) is 5.75 Å². The number of hydrogen-bond acceptors (Lipinski definition) is 6. The second-order valence-corrected chi connectivity index (χ2v) is 7.56. The molecule has 9 heteroatoms. The fraction of sp³-hybridized carbons (Fsp3) is 0.208. The Morgan fingerprint density at radius 3 is 2.52 bits per heavy atom. The van der Waals surface area contributed by atoms with Gasteiger partial charge in [0.15, 0.2) is 12.4 Å². The molecule has 0 fully saturated rings. The van der Waals surface area contributed by atoms with Gasteiger partial charge in [-0.1, -0.05) is 41.9 Å². The number of furan rings is 1. The standard InChI is InChI=1S/C24H23ClN2O6/c1-15-11-18(21(31-2)13-17(15)25)26-22(28)14-33-24(30)19(12-16-7-4-3-5-8-16)27-23(29)20-9-6-10-32-20/h3-11,13,19H,12,14H2,1-2H3,(H,26,28)(H,27,29)/t19-/m0/s1. The van der Waals surface area contributed by atoms with Gasteiger partial charge in [0.2, 0.25) is 0 Å². The van der Waals surface area contributed by atoms with Crippen molar-refractivity contribution in [1.29, 1.82) is 0 Å². The average molecular weight is 471 g/mol. The SMILES string of the molecule is COc1cc(Cl)c(C)cc1NC(=O)COC(=O)[C@H](Cc1ccccc1)NC(=O)c1ccco1. The molecule has 0 aliphatic heterocycles. The Kier molecular flexibility index (Phi) is 8.10. The summed E-state index contributed by atoms with van der Waals surface area (Å²) in [5.41, 5.74) is 1.95. The van der Waals surface area contributed by atoms with E-state index in [1.165, 1.54) is 19.4 Å². The second kappa shape index (κ2) is 11.2. The molecular weight excluding hydrogens is 448 g/mol. The maximum atomic E-state index is 12.7. The van der Waals surface area contributed by atoms with Crippen molar-refractivity contribution in [3.8, 4) is 5.75 Å². The molecule has 0 radical (unpaired) electrons. The number of ether oxygens (including phenoxy) is 2. The molecular formula is C24H23ClN2O6. The highest BCUT2D eigenvalue weighted by atomic mass is 35.5. The zero-order chi connectivity index (χ0) is 23.8. The lowest BCUT2D eigenvalue weighted by Crippen LogP contribution is -2.44. The maximum absolute atomic E-state index is 12.7. The molecule has 0 bridgehead atoms. The molecule has 3 rings (SSSR count). The van der Waals surface area contributed by atoms with Crippen molar-refractivity contribution >= 4 is 35.1 Å². The predicted octanol–water partition coefficient (Wildman–Crippen LogP) is 3.77. The summed E-state index contributed by atoms with van der Waals surface area (Å²) in [5, 5.41) is 5.73. The maximum Gasteiger partial charge on any atom is 0.329 e. The molecule has 1 atom stereocenters. The van der Waals surface area contributed by atoms with Crippen molar-refractivity contribution in [1.82, 2.24) is 5.32 Å². The molecule has 8 nitrogen and oxygen atoms in total. The van der Waals surface area contributed by atoms with Gasteiger partial charge < -0.3 is 24.5 Å². The molecule has 0 aliphatic carbocycles. The number of aryl methyl sites for hydroxylation is 1. The molecule has 0 saturated heterocycles. The minimum atomic E-state index is -1.02. The Balaban J connectivity index is 1.65. The van der Waals surface area contributed by atoms with E-state index in [-0.39, 0.29) is 12.2 Å². The van der Waals surface area contributed by atoms with E-state index in [2.05, 4.69) is 10.6 Å². The van der Waals surface area contributed by atoms with E-state index in [9.17, 15) is 14.4 Å². The first-order valence-corrected chi connectivity index (χ1v) is 10.4. The van der Waals surface area contributed by atoms with E-state index in [4.69, 9.17) is 25.5 Å². The summed E-state index contributed by atoms with van der Waals surface area (Å²) < 4.78 is 15.5. The third-order valence-corrected chi connectivity index (χ3v) is 5.13. The van der Waals surface area contributed by atoms with Gasteiger partial charge in [-0.05, 0) is 36.2 Å². The highest BCUT2D eigenvalue weighted by Crippen LogP contribution is 2.30.